The molecule has 7 heteroatoms. The van der Waals surface area contributed by atoms with Crippen molar-refractivity contribution in [1.29, 1.82) is 0 Å². The van der Waals surface area contributed by atoms with Crippen molar-refractivity contribution >= 4 is 46.4 Å². The molecule has 0 atom stereocenters. The zero-order valence-corrected chi connectivity index (χ0v) is 19.7. The Bertz CT molecular complexity index is 979. The van der Waals surface area contributed by atoms with Crippen LogP contribution in [0.15, 0.2) is 65.8 Å². The molecule has 0 spiro atoms. The summed E-state index contributed by atoms with van der Waals surface area (Å²) >= 11 is 0. The van der Waals surface area contributed by atoms with Crippen molar-refractivity contribution in [2.24, 2.45) is 4.99 Å². The Balaban J connectivity index is 0.00000256. The van der Waals surface area contributed by atoms with Crippen LogP contribution >= 0.6 is 24.0 Å². The molecule has 0 saturated carbocycles. The average molecular weight is 517 g/mol. The molecule has 0 radical (unpaired) electrons. The van der Waals surface area contributed by atoms with Crippen LogP contribution in [0.2, 0.25) is 0 Å². The molecule has 1 fully saturated rings. The topological polar surface area (TPSA) is 53.0 Å². The maximum absolute atomic E-state index is 5.25. The van der Waals surface area contributed by atoms with E-state index in [0.29, 0.717) is 6.54 Å². The summed E-state index contributed by atoms with van der Waals surface area (Å²) in [5.74, 6) is 1.81. The molecule has 4 rings (SSSR count). The van der Waals surface area contributed by atoms with Crippen molar-refractivity contribution in [3.63, 3.8) is 0 Å². The maximum Gasteiger partial charge on any atom is 0.194 e. The summed E-state index contributed by atoms with van der Waals surface area (Å²) in [6.07, 6.45) is 1.87. The highest BCUT2D eigenvalue weighted by molar-refractivity contribution is 14.0. The Morgan fingerprint density at radius 2 is 1.77 bits per heavy atom. The van der Waals surface area contributed by atoms with Gasteiger partial charge in [-0.25, -0.2) is 0 Å². The van der Waals surface area contributed by atoms with Crippen LogP contribution in [0, 0.1) is 0 Å². The molecule has 6 nitrogen and oxygen atoms in total. The number of hydrogen-bond acceptors (Lipinski definition) is 4. The highest BCUT2D eigenvalue weighted by Crippen LogP contribution is 2.21. The fraction of sp³-hybridized carbons (Fsp3) is 0.304. The van der Waals surface area contributed by atoms with Crippen molar-refractivity contribution in [3.8, 4) is 5.75 Å². The number of guanidine groups is 1. The van der Waals surface area contributed by atoms with Gasteiger partial charge in [0.2, 0.25) is 0 Å². The van der Waals surface area contributed by atoms with Gasteiger partial charge in [-0.2, -0.15) is 0 Å². The van der Waals surface area contributed by atoms with E-state index in [0.717, 1.165) is 43.6 Å². The number of anilines is 1. The molecule has 2 heterocycles. The second kappa shape index (κ2) is 10.5. The van der Waals surface area contributed by atoms with Crippen molar-refractivity contribution in [2.75, 3.05) is 45.2 Å². The largest absolute Gasteiger partial charge is 0.497 e. The van der Waals surface area contributed by atoms with E-state index in [1.54, 1.807) is 7.11 Å². The number of piperazine rings is 1. The number of halogens is 1. The first-order chi connectivity index (χ1) is 14.3. The molecule has 0 amide bonds. The fourth-order valence-corrected chi connectivity index (χ4v) is 3.79. The summed E-state index contributed by atoms with van der Waals surface area (Å²) < 4.78 is 5.25. The van der Waals surface area contributed by atoms with Crippen molar-refractivity contribution in [1.82, 2.24) is 15.2 Å². The van der Waals surface area contributed by atoms with Crippen LogP contribution in [-0.2, 0) is 6.54 Å². The molecule has 3 aromatic rings. The first-order valence-electron chi connectivity index (χ1n) is 9.95. The molecule has 1 aliphatic rings. The van der Waals surface area contributed by atoms with E-state index in [1.165, 1.54) is 16.5 Å². The number of benzene rings is 2. The van der Waals surface area contributed by atoms with Gasteiger partial charge in [-0.3, -0.25) is 9.98 Å². The van der Waals surface area contributed by atoms with Gasteiger partial charge in [0.25, 0.3) is 0 Å². The Labute approximate surface area is 195 Å². The number of aromatic nitrogens is 1. The summed E-state index contributed by atoms with van der Waals surface area (Å²) in [5.41, 5.74) is 2.27. The van der Waals surface area contributed by atoms with E-state index in [2.05, 4.69) is 61.5 Å². The third kappa shape index (κ3) is 4.95. The number of hydrogen-bond donors (Lipinski definition) is 1. The van der Waals surface area contributed by atoms with Crippen LogP contribution in [0.25, 0.3) is 10.8 Å². The lowest BCUT2D eigenvalue weighted by atomic mass is 10.1. The van der Waals surface area contributed by atoms with Crippen LogP contribution in [0.1, 0.15) is 5.69 Å². The number of pyridine rings is 1. The Morgan fingerprint density at radius 1 is 1.03 bits per heavy atom. The van der Waals surface area contributed by atoms with Gasteiger partial charge in [-0.05, 0) is 35.7 Å². The van der Waals surface area contributed by atoms with Gasteiger partial charge in [0.05, 0.1) is 19.3 Å². The van der Waals surface area contributed by atoms with Gasteiger partial charge in [0, 0.05) is 50.5 Å². The first kappa shape index (κ1) is 22.1. The van der Waals surface area contributed by atoms with Crippen molar-refractivity contribution in [3.05, 3.63) is 66.5 Å². The summed E-state index contributed by atoms with van der Waals surface area (Å²) in [6, 6.07) is 18.7. The van der Waals surface area contributed by atoms with E-state index in [4.69, 9.17) is 4.74 Å². The summed E-state index contributed by atoms with van der Waals surface area (Å²) in [4.78, 5) is 13.8. The molecule has 0 unspecified atom stereocenters. The molecule has 0 bridgehead atoms. The molecule has 2 aromatic carbocycles. The SMILES string of the molecule is CN=C(NCc1nccc2ccccc12)N1CCN(c2ccc(OC)cc2)CC1.I. The summed E-state index contributed by atoms with van der Waals surface area (Å²) in [5, 5.41) is 5.89. The zero-order valence-electron chi connectivity index (χ0n) is 17.4. The number of methoxy groups -OCH3 is 1. The number of fused-ring (bicyclic) bond motifs is 1. The number of ether oxygens (including phenoxy) is 1. The second-order valence-corrected chi connectivity index (χ2v) is 7.05. The lowest BCUT2D eigenvalue weighted by molar-refractivity contribution is 0.372. The quantitative estimate of drug-likeness (QED) is 0.325. The first-order valence-corrected chi connectivity index (χ1v) is 9.95. The zero-order chi connectivity index (χ0) is 20.1. The predicted molar refractivity (Wildman–Crippen MR) is 134 cm³/mol. The molecule has 1 aromatic heterocycles. The normalized spacial score (nSPS) is 14.4. The van der Waals surface area contributed by atoms with Crippen LogP contribution in [0.5, 0.6) is 5.75 Å². The minimum absolute atomic E-state index is 0. The smallest absolute Gasteiger partial charge is 0.194 e. The number of nitrogens with one attached hydrogen (secondary N) is 1. The van der Waals surface area contributed by atoms with Gasteiger partial charge in [-0.1, -0.05) is 24.3 Å². The Kier molecular flexibility index (Phi) is 7.73. The third-order valence-corrected chi connectivity index (χ3v) is 5.40. The maximum atomic E-state index is 5.25. The number of aliphatic imine (C=N–C) groups is 1. The van der Waals surface area contributed by atoms with Gasteiger partial charge < -0.3 is 19.9 Å². The van der Waals surface area contributed by atoms with Crippen LogP contribution in [-0.4, -0.2) is 56.2 Å². The van der Waals surface area contributed by atoms with Gasteiger partial charge in [0.15, 0.2) is 5.96 Å². The fourth-order valence-electron chi connectivity index (χ4n) is 3.79. The van der Waals surface area contributed by atoms with Crippen molar-refractivity contribution < 1.29 is 4.74 Å². The number of rotatable bonds is 4. The van der Waals surface area contributed by atoms with Crippen molar-refractivity contribution in [2.45, 2.75) is 6.54 Å². The lowest BCUT2D eigenvalue weighted by Crippen LogP contribution is -2.52. The van der Waals surface area contributed by atoms with Crippen LogP contribution < -0.4 is 15.0 Å². The average Bonchev–Trinajstić information content (AvgIpc) is 2.80. The molecule has 158 valence electrons. The van der Waals surface area contributed by atoms with Gasteiger partial charge >= 0.3 is 0 Å². The van der Waals surface area contributed by atoms with E-state index in [1.807, 2.05) is 31.4 Å². The standard InChI is InChI=1S/C23H27N5O.HI/c1-24-23(26-17-22-21-6-4-3-5-18(21)11-12-25-22)28-15-13-27(14-16-28)19-7-9-20(29-2)10-8-19;/h3-12H,13-17H2,1-2H3,(H,24,26);1H. The second-order valence-electron chi connectivity index (χ2n) is 7.05. The molecule has 1 saturated heterocycles. The van der Waals surface area contributed by atoms with Crippen LogP contribution in [0.4, 0.5) is 5.69 Å². The molecular weight excluding hydrogens is 489 g/mol. The Hall–Kier alpha value is -2.55. The monoisotopic (exact) mass is 517 g/mol. The third-order valence-electron chi connectivity index (χ3n) is 5.40. The molecular formula is C23H28IN5O. The van der Waals surface area contributed by atoms with E-state index in [9.17, 15) is 0 Å². The molecule has 0 aliphatic carbocycles. The molecule has 1 N–H and O–H groups in total. The lowest BCUT2D eigenvalue weighted by Gasteiger charge is -2.37. The summed E-state index contributed by atoms with van der Waals surface area (Å²) in [7, 11) is 3.54. The van der Waals surface area contributed by atoms with E-state index >= 15 is 0 Å². The molecule has 1 aliphatic heterocycles. The summed E-state index contributed by atoms with van der Waals surface area (Å²) in [6.45, 7) is 4.43. The molecule has 30 heavy (non-hydrogen) atoms. The van der Waals surface area contributed by atoms with Crippen LogP contribution in [0.3, 0.4) is 0 Å². The minimum atomic E-state index is 0. The van der Waals surface area contributed by atoms with Gasteiger partial charge in [-0.15, -0.1) is 24.0 Å². The van der Waals surface area contributed by atoms with Gasteiger partial charge in [0.1, 0.15) is 5.75 Å². The minimum Gasteiger partial charge on any atom is -0.497 e. The number of nitrogens with zero attached hydrogens (tertiary/aromatic N) is 4. The highest BCUT2D eigenvalue weighted by atomic mass is 127. The van der Waals surface area contributed by atoms with E-state index < -0.39 is 0 Å². The highest BCUT2D eigenvalue weighted by Gasteiger charge is 2.20. The Morgan fingerprint density at radius 3 is 2.47 bits per heavy atom. The van der Waals surface area contributed by atoms with E-state index in [-0.39, 0.29) is 24.0 Å². The predicted octanol–water partition coefficient (Wildman–Crippen LogP) is 3.76.